The first-order chi connectivity index (χ1) is 15.8. The van der Waals surface area contributed by atoms with Crippen molar-refractivity contribution >= 4 is 11.7 Å². The molecule has 33 heavy (non-hydrogen) atoms. The molecule has 1 heterocycles. The summed E-state index contributed by atoms with van der Waals surface area (Å²) in [5.74, 6) is 0.137. The predicted octanol–water partition coefficient (Wildman–Crippen LogP) is 4.32. The van der Waals surface area contributed by atoms with Crippen molar-refractivity contribution in [2.24, 2.45) is 5.41 Å². The van der Waals surface area contributed by atoms with E-state index in [4.69, 9.17) is 4.74 Å². The average Bonchev–Trinajstić information content (AvgIpc) is 2.78. The third kappa shape index (κ3) is 4.75. The number of rotatable bonds is 6. The van der Waals surface area contributed by atoms with E-state index >= 15 is 0 Å². The summed E-state index contributed by atoms with van der Waals surface area (Å²) in [6.07, 6.45) is 0.926. The number of hydrogen-bond donors (Lipinski definition) is 1. The van der Waals surface area contributed by atoms with Gasteiger partial charge in [-0.15, -0.1) is 0 Å². The van der Waals surface area contributed by atoms with Crippen molar-refractivity contribution in [2.45, 2.75) is 40.2 Å². The molecule has 1 N–H and O–H groups in total. The van der Waals surface area contributed by atoms with Crippen molar-refractivity contribution in [1.82, 2.24) is 9.88 Å². The molecule has 0 fully saturated rings. The molecule has 0 unspecified atom stereocenters. The Kier molecular flexibility index (Phi) is 6.18. The van der Waals surface area contributed by atoms with Crippen LogP contribution in [0.25, 0.3) is 5.69 Å². The van der Waals surface area contributed by atoms with Gasteiger partial charge in [0, 0.05) is 29.9 Å². The van der Waals surface area contributed by atoms with Crippen LogP contribution in [0.5, 0.6) is 5.75 Å². The number of fused-ring (bicyclic) bond motifs is 1. The zero-order valence-corrected chi connectivity index (χ0v) is 19.2. The topological polar surface area (TPSA) is 77.4 Å². The second-order valence-corrected chi connectivity index (χ2v) is 9.10. The van der Waals surface area contributed by atoms with Crippen LogP contribution in [0.1, 0.15) is 59.2 Å². The lowest BCUT2D eigenvalue weighted by atomic mass is 9.75. The number of aromatic nitrogens is 1. The largest absolute Gasteiger partial charge is 0.494 e. The van der Waals surface area contributed by atoms with E-state index in [1.54, 1.807) is 24.3 Å². The van der Waals surface area contributed by atoms with Crippen LogP contribution in [0.3, 0.4) is 0 Å². The van der Waals surface area contributed by atoms with Gasteiger partial charge in [-0.3, -0.25) is 19.0 Å². The van der Waals surface area contributed by atoms with Gasteiger partial charge in [0.15, 0.2) is 5.78 Å². The van der Waals surface area contributed by atoms with Crippen molar-refractivity contribution in [1.29, 1.82) is 0 Å². The van der Waals surface area contributed by atoms with Gasteiger partial charge in [-0.2, -0.15) is 0 Å². The standard InChI is InChI=1S/C27H28N2O4/c1-4-33-20-12-10-19(11-13-20)29-23-15-27(2,3)16-24(30)21(23)14-22(26(29)32)25(31)28-17-18-8-6-5-7-9-18/h5-14H,4,15-17H2,1-3H3,(H,28,31). The third-order valence-electron chi connectivity index (χ3n) is 5.83. The number of ketones is 1. The van der Waals surface area contributed by atoms with Crippen LogP contribution in [-0.2, 0) is 13.0 Å². The molecule has 1 amide bonds. The Morgan fingerprint density at radius 2 is 1.73 bits per heavy atom. The summed E-state index contributed by atoms with van der Waals surface area (Å²) in [6, 6.07) is 18.1. The second-order valence-electron chi connectivity index (χ2n) is 9.10. The molecule has 0 saturated carbocycles. The lowest BCUT2D eigenvalue weighted by molar-refractivity contribution is 0.0908. The van der Waals surface area contributed by atoms with Crippen molar-refractivity contribution in [2.75, 3.05) is 6.61 Å². The van der Waals surface area contributed by atoms with E-state index < -0.39 is 11.5 Å². The molecule has 170 valence electrons. The molecule has 1 aromatic heterocycles. The van der Waals surface area contributed by atoms with E-state index in [2.05, 4.69) is 5.32 Å². The van der Waals surface area contributed by atoms with Crippen molar-refractivity contribution in [3.63, 3.8) is 0 Å². The molecule has 6 nitrogen and oxygen atoms in total. The van der Waals surface area contributed by atoms with Gasteiger partial charge in [0.05, 0.1) is 6.61 Å². The van der Waals surface area contributed by atoms with Gasteiger partial charge in [-0.05, 0) is 54.7 Å². The minimum atomic E-state index is -0.496. The summed E-state index contributed by atoms with van der Waals surface area (Å²) in [5.41, 5.74) is 1.86. The SMILES string of the molecule is CCOc1ccc(-n2c3c(cc(C(=O)NCc4ccccc4)c2=O)C(=O)CC(C)(C)C3)cc1. The molecular weight excluding hydrogens is 416 g/mol. The van der Waals surface area contributed by atoms with Crippen LogP contribution < -0.4 is 15.6 Å². The van der Waals surface area contributed by atoms with Gasteiger partial charge in [0.25, 0.3) is 11.5 Å². The molecule has 4 rings (SSSR count). The van der Waals surface area contributed by atoms with Gasteiger partial charge in [-0.25, -0.2) is 0 Å². The zero-order chi connectivity index (χ0) is 23.6. The fourth-order valence-corrected chi connectivity index (χ4v) is 4.28. The quantitative estimate of drug-likeness (QED) is 0.614. The molecule has 3 aromatic rings. The maximum absolute atomic E-state index is 13.6. The lowest BCUT2D eigenvalue weighted by Gasteiger charge is -2.32. The molecule has 1 aliphatic rings. The smallest absolute Gasteiger partial charge is 0.268 e. The highest BCUT2D eigenvalue weighted by atomic mass is 16.5. The van der Waals surface area contributed by atoms with Crippen LogP contribution in [0.15, 0.2) is 65.5 Å². The average molecular weight is 445 g/mol. The van der Waals surface area contributed by atoms with Crippen molar-refractivity contribution in [3.05, 3.63) is 93.4 Å². The fraction of sp³-hybridized carbons (Fsp3) is 0.296. The Morgan fingerprint density at radius 1 is 1.03 bits per heavy atom. The predicted molar refractivity (Wildman–Crippen MR) is 127 cm³/mol. The number of nitrogens with zero attached hydrogens (tertiary/aromatic N) is 1. The van der Waals surface area contributed by atoms with Crippen LogP contribution in [-0.4, -0.2) is 22.9 Å². The summed E-state index contributed by atoms with van der Waals surface area (Å²) in [7, 11) is 0. The Labute approximate surface area is 193 Å². The molecule has 0 spiro atoms. The van der Waals surface area contributed by atoms with Crippen LogP contribution in [0.4, 0.5) is 0 Å². The molecule has 0 radical (unpaired) electrons. The molecule has 0 aliphatic heterocycles. The number of amides is 1. The van der Waals surface area contributed by atoms with E-state index in [-0.39, 0.29) is 16.8 Å². The summed E-state index contributed by atoms with van der Waals surface area (Å²) in [6.45, 7) is 6.76. The molecule has 2 aromatic carbocycles. The Morgan fingerprint density at radius 3 is 2.39 bits per heavy atom. The van der Waals surface area contributed by atoms with Gasteiger partial charge < -0.3 is 10.1 Å². The Bertz CT molecular complexity index is 1240. The highest BCUT2D eigenvalue weighted by Gasteiger charge is 2.35. The van der Waals surface area contributed by atoms with Crippen LogP contribution in [0.2, 0.25) is 0 Å². The van der Waals surface area contributed by atoms with E-state index in [9.17, 15) is 14.4 Å². The molecule has 0 bridgehead atoms. The van der Waals surface area contributed by atoms with Crippen LogP contribution in [0, 0.1) is 5.41 Å². The summed E-state index contributed by atoms with van der Waals surface area (Å²) < 4.78 is 7.04. The highest BCUT2D eigenvalue weighted by Crippen LogP contribution is 2.35. The number of carbonyl (C=O) groups is 2. The minimum Gasteiger partial charge on any atom is -0.494 e. The highest BCUT2D eigenvalue weighted by molar-refractivity contribution is 6.02. The number of carbonyl (C=O) groups excluding carboxylic acids is 2. The minimum absolute atomic E-state index is 0.0355. The van der Waals surface area contributed by atoms with E-state index in [1.165, 1.54) is 10.6 Å². The normalized spacial score (nSPS) is 14.5. The van der Waals surface area contributed by atoms with Gasteiger partial charge in [-0.1, -0.05) is 44.2 Å². The van der Waals surface area contributed by atoms with Crippen molar-refractivity contribution < 1.29 is 14.3 Å². The van der Waals surface area contributed by atoms with E-state index in [0.717, 1.165) is 5.56 Å². The molecule has 6 heteroatoms. The first-order valence-corrected chi connectivity index (χ1v) is 11.2. The number of nitrogens with one attached hydrogen (secondary N) is 1. The Balaban J connectivity index is 1.80. The summed E-state index contributed by atoms with van der Waals surface area (Å²) >= 11 is 0. The molecule has 1 aliphatic carbocycles. The van der Waals surface area contributed by atoms with Gasteiger partial charge >= 0.3 is 0 Å². The number of Topliss-reactive ketones (excluding diaryl/α,β-unsaturated/α-hetero) is 1. The maximum atomic E-state index is 13.6. The second kappa shape index (κ2) is 9.06. The summed E-state index contributed by atoms with van der Waals surface area (Å²) in [5, 5.41) is 2.81. The number of hydrogen-bond acceptors (Lipinski definition) is 4. The first-order valence-electron chi connectivity index (χ1n) is 11.2. The van der Waals surface area contributed by atoms with Crippen molar-refractivity contribution in [3.8, 4) is 11.4 Å². The van der Waals surface area contributed by atoms with Gasteiger partial charge in [0.2, 0.25) is 0 Å². The maximum Gasteiger partial charge on any atom is 0.268 e. The van der Waals surface area contributed by atoms with E-state index in [1.807, 2.05) is 51.1 Å². The lowest BCUT2D eigenvalue weighted by Crippen LogP contribution is -2.38. The van der Waals surface area contributed by atoms with E-state index in [0.29, 0.717) is 48.7 Å². The number of benzene rings is 2. The molecule has 0 atom stereocenters. The Hall–Kier alpha value is -3.67. The first kappa shape index (κ1) is 22.5. The third-order valence-corrected chi connectivity index (χ3v) is 5.83. The van der Waals surface area contributed by atoms with Crippen LogP contribution >= 0.6 is 0 Å². The number of pyridine rings is 1. The van der Waals surface area contributed by atoms with Gasteiger partial charge in [0.1, 0.15) is 11.3 Å². The molecule has 0 saturated heterocycles. The fourth-order valence-electron chi connectivity index (χ4n) is 4.28. The monoisotopic (exact) mass is 444 g/mol. The summed E-state index contributed by atoms with van der Waals surface area (Å²) in [4.78, 5) is 39.6. The number of ether oxygens (including phenoxy) is 1. The zero-order valence-electron chi connectivity index (χ0n) is 19.2. The molecular formula is C27H28N2O4.